The Morgan fingerprint density at radius 1 is 1.48 bits per heavy atom. The van der Waals surface area contributed by atoms with E-state index >= 15 is 0 Å². The van der Waals surface area contributed by atoms with E-state index in [9.17, 15) is 19.7 Å². The molecule has 1 aromatic rings. The molecule has 0 radical (unpaired) electrons. The summed E-state index contributed by atoms with van der Waals surface area (Å²) in [4.78, 5) is 34.3. The molecule has 1 amide bonds. The van der Waals surface area contributed by atoms with Gasteiger partial charge < -0.3 is 20.1 Å². The molecule has 2 rings (SSSR count). The average molecular weight is 317 g/mol. The van der Waals surface area contributed by atoms with Crippen molar-refractivity contribution in [3.05, 3.63) is 21.3 Å². The minimum Gasteiger partial charge on any atom is -0.481 e. The summed E-state index contributed by atoms with van der Waals surface area (Å²) in [5.41, 5.74) is 0. The molecule has 1 aliphatic heterocycles. The third-order valence-electron chi connectivity index (χ3n) is 3.37. The van der Waals surface area contributed by atoms with Crippen LogP contribution in [0.1, 0.15) is 12.8 Å². The maximum absolute atomic E-state index is 12.0. The smallest absolute Gasteiger partial charge is 0.408 e. The molecule has 0 unspecified atom stereocenters. The van der Waals surface area contributed by atoms with Crippen LogP contribution in [0.15, 0.2) is 6.20 Å². The van der Waals surface area contributed by atoms with Crippen molar-refractivity contribution in [1.82, 2.24) is 14.7 Å². The van der Waals surface area contributed by atoms with Gasteiger partial charge in [0, 0.05) is 13.1 Å². The van der Waals surface area contributed by atoms with Gasteiger partial charge in [0.05, 0.1) is 17.2 Å². The number of aromatic nitrogens is 2. The Kier molecular flexibility index (Phi) is 4.41. The zero-order valence-electron chi connectivity index (χ0n) is 10.9. The molecular weight excluding hydrogens is 304 g/mol. The molecule has 1 N–H and O–H groups in total. The van der Waals surface area contributed by atoms with Crippen LogP contribution in [0.4, 0.5) is 5.82 Å². The number of amides is 1. The van der Waals surface area contributed by atoms with Crippen LogP contribution < -0.4 is 0 Å². The first-order valence-electron chi connectivity index (χ1n) is 6.26. The lowest BCUT2D eigenvalue weighted by Crippen LogP contribution is -2.41. The van der Waals surface area contributed by atoms with Crippen molar-refractivity contribution in [2.24, 2.45) is 5.92 Å². The molecule has 1 saturated heterocycles. The van der Waals surface area contributed by atoms with Crippen LogP contribution in [-0.4, -0.2) is 49.7 Å². The zero-order valence-corrected chi connectivity index (χ0v) is 11.7. The normalized spacial score (nSPS) is 16.0. The summed E-state index contributed by atoms with van der Waals surface area (Å²) < 4.78 is 1.12. The van der Waals surface area contributed by atoms with Crippen molar-refractivity contribution in [3.8, 4) is 0 Å². The van der Waals surface area contributed by atoms with Crippen LogP contribution in [0.25, 0.3) is 0 Å². The second-order valence-corrected chi connectivity index (χ2v) is 5.16. The molecule has 1 fully saturated rings. The van der Waals surface area contributed by atoms with Gasteiger partial charge >= 0.3 is 11.8 Å². The SMILES string of the molecule is O=C(O)C1CCN(C(=O)Cn2cc(Cl)c([N+](=O)[O-])n2)CC1. The summed E-state index contributed by atoms with van der Waals surface area (Å²) in [7, 11) is 0. The molecule has 1 aromatic heterocycles. The second kappa shape index (κ2) is 6.08. The van der Waals surface area contributed by atoms with Gasteiger partial charge in [-0.2, -0.15) is 4.68 Å². The third-order valence-corrected chi connectivity index (χ3v) is 3.63. The van der Waals surface area contributed by atoms with Crippen molar-refractivity contribution in [2.75, 3.05) is 13.1 Å². The highest BCUT2D eigenvalue weighted by molar-refractivity contribution is 6.32. The lowest BCUT2D eigenvalue weighted by molar-refractivity contribution is -0.389. The number of hydrogen-bond donors (Lipinski definition) is 1. The van der Waals surface area contributed by atoms with Gasteiger partial charge in [-0.15, -0.1) is 0 Å². The Morgan fingerprint density at radius 3 is 2.57 bits per heavy atom. The van der Waals surface area contributed by atoms with Gasteiger partial charge in [-0.3, -0.25) is 9.59 Å². The van der Waals surface area contributed by atoms with Gasteiger partial charge in [0.25, 0.3) is 0 Å². The fourth-order valence-electron chi connectivity index (χ4n) is 2.21. The number of carbonyl (C=O) groups excluding carboxylic acids is 1. The monoisotopic (exact) mass is 316 g/mol. The van der Waals surface area contributed by atoms with Crippen LogP contribution in [0.3, 0.4) is 0 Å². The minimum atomic E-state index is -0.850. The highest BCUT2D eigenvalue weighted by atomic mass is 35.5. The van der Waals surface area contributed by atoms with Crippen LogP contribution in [-0.2, 0) is 16.1 Å². The fraction of sp³-hybridized carbons (Fsp3) is 0.545. The van der Waals surface area contributed by atoms with E-state index in [4.69, 9.17) is 16.7 Å². The molecule has 0 aromatic carbocycles. The van der Waals surface area contributed by atoms with Gasteiger partial charge in [-0.1, -0.05) is 11.6 Å². The molecule has 0 aliphatic carbocycles. The number of nitrogens with zero attached hydrogens (tertiary/aromatic N) is 4. The number of nitro groups is 1. The van der Waals surface area contributed by atoms with Gasteiger partial charge in [0.1, 0.15) is 6.54 Å². The van der Waals surface area contributed by atoms with Crippen molar-refractivity contribution in [1.29, 1.82) is 0 Å². The van der Waals surface area contributed by atoms with Gasteiger partial charge in [-0.05, 0) is 17.8 Å². The number of piperidine rings is 1. The summed E-state index contributed by atoms with van der Waals surface area (Å²) >= 11 is 5.65. The first-order valence-corrected chi connectivity index (χ1v) is 6.64. The predicted molar refractivity (Wildman–Crippen MR) is 70.8 cm³/mol. The Balaban J connectivity index is 1.95. The number of rotatable bonds is 4. The lowest BCUT2D eigenvalue weighted by Gasteiger charge is -2.29. The van der Waals surface area contributed by atoms with E-state index < -0.39 is 22.6 Å². The first kappa shape index (κ1) is 15.2. The Morgan fingerprint density at radius 2 is 2.10 bits per heavy atom. The van der Waals surface area contributed by atoms with E-state index in [0.29, 0.717) is 25.9 Å². The van der Waals surface area contributed by atoms with E-state index in [0.717, 1.165) is 4.68 Å². The first-order chi connectivity index (χ1) is 9.88. The average Bonchev–Trinajstić information content (AvgIpc) is 2.79. The zero-order chi connectivity index (χ0) is 15.6. The summed E-state index contributed by atoms with van der Waals surface area (Å²) in [6, 6.07) is 0. The van der Waals surface area contributed by atoms with E-state index in [1.807, 2.05) is 0 Å². The lowest BCUT2D eigenvalue weighted by atomic mass is 9.97. The molecule has 0 saturated carbocycles. The van der Waals surface area contributed by atoms with Crippen LogP contribution in [0.2, 0.25) is 5.02 Å². The van der Waals surface area contributed by atoms with E-state index in [2.05, 4.69) is 5.10 Å². The third kappa shape index (κ3) is 3.48. The predicted octanol–water partition coefficient (Wildman–Crippen LogP) is 0.768. The van der Waals surface area contributed by atoms with Crippen molar-refractivity contribution in [2.45, 2.75) is 19.4 Å². The molecular formula is C11H13ClN4O5. The summed E-state index contributed by atoms with van der Waals surface area (Å²) in [5.74, 6) is -2.03. The minimum absolute atomic E-state index is 0.127. The van der Waals surface area contributed by atoms with Crippen molar-refractivity contribution >= 4 is 29.3 Å². The molecule has 21 heavy (non-hydrogen) atoms. The highest BCUT2D eigenvalue weighted by Crippen LogP contribution is 2.22. The van der Waals surface area contributed by atoms with Crippen LogP contribution >= 0.6 is 11.6 Å². The number of likely N-dealkylation sites (tertiary alicyclic amines) is 1. The quantitative estimate of drug-likeness (QED) is 0.647. The molecule has 10 heteroatoms. The van der Waals surface area contributed by atoms with Crippen LogP contribution in [0, 0.1) is 16.0 Å². The number of halogens is 1. The molecule has 1 aliphatic rings. The molecule has 0 atom stereocenters. The Bertz CT molecular complexity index is 579. The topological polar surface area (TPSA) is 119 Å². The standard InChI is InChI=1S/C11H13ClN4O5/c12-8-5-15(13-10(8)16(20)21)6-9(17)14-3-1-7(2-4-14)11(18)19/h5,7H,1-4,6H2,(H,18,19). The highest BCUT2D eigenvalue weighted by Gasteiger charge is 2.28. The number of hydrogen-bond acceptors (Lipinski definition) is 5. The summed E-state index contributed by atoms with van der Waals surface area (Å²) in [6.45, 7) is 0.547. The Labute approximate surface area is 124 Å². The summed E-state index contributed by atoms with van der Waals surface area (Å²) in [5, 5.41) is 23.0. The number of carboxylic acids is 1. The van der Waals surface area contributed by atoms with Crippen molar-refractivity contribution in [3.63, 3.8) is 0 Å². The number of carboxylic acid groups (broad SMARTS) is 1. The van der Waals surface area contributed by atoms with Crippen molar-refractivity contribution < 1.29 is 19.6 Å². The summed E-state index contributed by atoms with van der Waals surface area (Å²) in [6.07, 6.45) is 2.03. The van der Waals surface area contributed by atoms with E-state index in [1.165, 1.54) is 11.1 Å². The number of aliphatic carboxylic acids is 1. The second-order valence-electron chi connectivity index (χ2n) is 4.75. The van der Waals surface area contributed by atoms with E-state index in [-0.39, 0.29) is 17.5 Å². The number of carbonyl (C=O) groups is 2. The van der Waals surface area contributed by atoms with Gasteiger partial charge in [-0.25, -0.2) is 0 Å². The maximum Gasteiger partial charge on any atom is 0.408 e. The Hall–Kier alpha value is -2.16. The molecule has 2 heterocycles. The fourth-order valence-corrected chi connectivity index (χ4v) is 2.43. The molecule has 114 valence electrons. The van der Waals surface area contributed by atoms with Gasteiger partial charge in [0.2, 0.25) is 5.91 Å². The molecule has 0 spiro atoms. The molecule has 9 nitrogen and oxygen atoms in total. The van der Waals surface area contributed by atoms with Gasteiger partial charge in [0.15, 0.2) is 5.02 Å². The largest absolute Gasteiger partial charge is 0.481 e. The van der Waals surface area contributed by atoms with Crippen LogP contribution in [0.5, 0.6) is 0 Å². The maximum atomic E-state index is 12.0. The van der Waals surface area contributed by atoms with E-state index in [1.54, 1.807) is 0 Å². The molecule has 0 bridgehead atoms.